The zero-order valence-corrected chi connectivity index (χ0v) is 13.6. The fourth-order valence-electron chi connectivity index (χ4n) is 2.47. The number of benzene rings is 1. The molecule has 1 saturated heterocycles. The maximum absolute atomic E-state index is 12.5. The lowest BCUT2D eigenvalue weighted by Gasteiger charge is -2.24. The molecule has 1 heterocycles. The summed E-state index contributed by atoms with van der Waals surface area (Å²) in [6.07, 6.45) is 1.89. The molecule has 0 aliphatic carbocycles. The van der Waals surface area contributed by atoms with Crippen LogP contribution in [0, 0.1) is 0 Å². The average Bonchev–Trinajstić information content (AvgIpc) is 2.77. The summed E-state index contributed by atoms with van der Waals surface area (Å²) in [6, 6.07) is 7.86. The zero-order valence-electron chi connectivity index (χ0n) is 12.0. The number of hydrogen-bond donors (Lipinski definition) is 1. The van der Waals surface area contributed by atoms with Gasteiger partial charge in [-0.05, 0) is 12.5 Å². The van der Waals surface area contributed by atoms with Gasteiger partial charge in [0.25, 0.3) is 0 Å². The lowest BCUT2D eigenvalue weighted by atomic mass is 10.2. The molecule has 1 aliphatic heterocycles. The highest BCUT2D eigenvalue weighted by molar-refractivity contribution is 8.01. The number of halogens is 1. The monoisotopic (exact) mass is 313 g/mol. The van der Waals surface area contributed by atoms with Gasteiger partial charge in [0.05, 0.1) is 18.8 Å². The zero-order chi connectivity index (χ0) is 14.5. The number of quaternary nitrogens is 1. The lowest BCUT2D eigenvalue weighted by molar-refractivity contribution is -0.627. The Labute approximate surface area is 130 Å². The van der Waals surface area contributed by atoms with E-state index in [9.17, 15) is 4.79 Å². The molecule has 20 heavy (non-hydrogen) atoms. The van der Waals surface area contributed by atoms with E-state index in [4.69, 9.17) is 11.6 Å². The first-order valence-corrected chi connectivity index (χ1v) is 8.49. The number of carbonyl (C=O) groups excluding carboxylic acids is 1. The van der Waals surface area contributed by atoms with Crippen molar-refractivity contribution in [3.05, 3.63) is 34.9 Å². The smallest absolute Gasteiger partial charge is 0.236 e. The van der Waals surface area contributed by atoms with Gasteiger partial charge in [0.15, 0.2) is 0 Å². The maximum Gasteiger partial charge on any atom is 0.236 e. The Morgan fingerprint density at radius 2 is 2.15 bits per heavy atom. The van der Waals surface area contributed by atoms with Gasteiger partial charge in [-0.1, -0.05) is 36.7 Å². The molecule has 1 aromatic carbocycles. The van der Waals surface area contributed by atoms with Gasteiger partial charge in [0.2, 0.25) is 5.91 Å². The normalized spacial score (nSPS) is 22.6. The van der Waals surface area contributed by atoms with Crippen LogP contribution in [0.4, 0.5) is 0 Å². The van der Waals surface area contributed by atoms with E-state index in [0.29, 0.717) is 0 Å². The molecule has 1 amide bonds. The van der Waals surface area contributed by atoms with Gasteiger partial charge in [-0.15, -0.1) is 11.8 Å². The van der Waals surface area contributed by atoms with Crippen molar-refractivity contribution >= 4 is 29.3 Å². The molecule has 2 atom stereocenters. The largest absolute Gasteiger partial charge is 0.349 e. The molecule has 1 aliphatic rings. The molecular formula is C15H22ClN2OS+. The molecule has 0 spiro atoms. The summed E-state index contributed by atoms with van der Waals surface area (Å²) in [7, 11) is 2.06. The fourth-order valence-corrected chi connectivity index (χ4v) is 4.24. The summed E-state index contributed by atoms with van der Waals surface area (Å²) in [5, 5.41) is 3.04. The van der Waals surface area contributed by atoms with Gasteiger partial charge < -0.3 is 10.2 Å². The van der Waals surface area contributed by atoms with Crippen molar-refractivity contribution in [2.45, 2.75) is 30.4 Å². The Bertz CT molecular complexity index is 469. The summed E-state index contributed by atoms with van der Waals surface area (Å²) in [5.74, 6) is 0.263. The molecule has 0 bridgehead atoms. The van der Waals surface area contributed by atoms with Crippen molar-refractivity contribution in [3.63, 3.8) is 0 Å². The summed E-state index contributed by atoms with van der Waals surface area (Å²) >= 11 is 8.05. The third-order valence-corrected chi connectivity index (χ3v) is 5.54. The molecule has 0 saturated carbocycles. The van der Waals surface area contributed by atoms with Gasteiger partial charge in [0.1, 0.15) is 5.37 Å². The van der Waals surface area contributed by atoms with Crippen LogP contribution in [-0.2, 0) is 4.79 Å². The van der Waals surface area contributed by atoms with E-state index in [-0.39, 0.29) is 16.5 Å². The second kappa shape index (κ2) is 7.34. The minimum absolute atomic E-state index is 0.0676. The van der Waals surface area contributed by atoms with Crippen molar-refractivity contribution < 1.29 is 10.1 Å². The first-order chi connectivity index (χ1) is 9.69. The van der Waals surface area contributed by atoms with Crippen LogP contribution < -0.4 is 5.32 Å². The van der Waals surface area contributed by atoms with Crippen LogP contribution in [0.2, 0.25) is 5.02 Å². The highest BCUT2D eigenvalue weighted by Gasteiger charge is 2.40. The highest BCUT2D eigenvalue weighted by atomic mass is 35.5. The van der Waals surface area contributed by atoms with Crippen LogP contribution in [0.5, 0.6) is 0 Å². The first-order valence-electron chi connectivity index (χ1n) is 7.17. The molecule has 2 N–H and O–H groups in total. The van der Waals surface area contributed by atoms with E-state index >= 15 is 0 Å². The third kappa shape index (κ3) is 3.30. The van der Waals surface area contributed by atoms with Crippen LogP contribution >= 0.6 is 23.4 Å². The number of nitrogens with zero attached hydrogens (tertiary/aromatic N) is 1. The second-order valence-electron chi connectivity index (χ2n) is 4.99. The molecule has 110 valence electrons. The van der Waals surface area contributed by atoms with Crippen LogP contribution in [-0.4, -0.2) is 36.2 Å². The van der Waals surface area contributed by atoms with Gasteiger partial charge in [-0.25, -0.2) is 0 Å². The second-order valence-corrected chi connectivity index (χ2v) is 6.68. The number of rotatable bonds is 6. The maximum atomic E-state index is 12.5. The van der Waals surface area contributed by atoms with Gasteiger partial charge >= 0.3 is 0 Å². The molecule has 3 nitrogen and oxygen atoms in total. The summed E-state index contributed by atoms with van der Waals surface area (Å²) in [6.45, 7) is 3.92. The number of carbonyl (C=O) groups is 1. The van der Waals surface area contributed by atoms with Crippen molar-refractivity contribution in [2.75, 3.05) is 20.1 Å². The SMILES string of the molecule is CC[C@H]1S[C@@H](c2ccccc2Cl)N(CCC[NH2+]C)C1=O. The molecule has 2 rings (SSSR count). The topological polar surface area (TPSA) is 36.9 Å². The molecular weight excluding hydrogens is 292 g/mol. The van der Waals surface area contributed by atoms with E-state index in [1.54, 1.807) is 11.8 Å². The van der Waals surface area contributed by atoms with Crippen LogP contribution in [0.3, 0.4) is 0 Å². The quantitative estimate of drug-likeness (QED) is 0.818. The summed E-state index contributed by atoms with van der Waals surface area (Å²) < 4.78 is 0. The fraction of sp³-hybridized carbons (Fsp3) is 0.533. The van der Waals surface area contributed by atoms with Crippen LogP contribution in [0.1, 0.15) is 30.7 Å². The Morgan fingerprint density at radius 3 is 2.80 bits per heavy atom. The Kier molecular flexibility index (Phi) is 5.75. The van der Waals surface area contributed by atoms with Gasteiger partial charge in [-0.2, -0.15) is 0 Å². The minimum atomic E-state index is 0.0676. The molecule has 0 unspecified atom stereocenters. The predicted molar refractivity (Wildman–Crippen MR) is 84.9 cm³/mol. The molecule has 1 aromatic rings. The van der Waals surface area contributed by atoms with Crippen molar-refractivity contribution in [2.24, 2.45) is 0 Å². The van der Waals surface area contributed by atoms with Gasteiger partial charge in [0, 0.05) is 23.6 Å². The number of hydrogen-bond acceptors (Lipinski definition) is 2. The van der Waals surface area contributed by atoms with E-state index in [1.807, 2.05) is 29.2 Å². The van der Waals surface area contributed by atoms with E-state index < -0.39 is 0 Å². The van der Waals surface area contributed by atoms with Crippen molar-refractivity contribution in [1.82, 2.24) is 4.90 Å². The standard InChI is InChI=1S/C15H21ClN2OS/c1-3-13-14(19)18(10-6-9-17-2)15(20-13)11-7-4-5-8-12(11)16/h4-5,7-8,13,15,17H,3,6,9-10H2,1-2H3/p+1/t13-,15+/m1/s1. The van der Waals surface area contributed by atoms with E-state index in [1.165, 1.54) is 0 Å². The first kappa shape index (κ1) is 15.7. The van der Waals surface area contributed by atoms with Crippen molar-refractivity contribution in [1.29, 1.82) is 0 Å². The van der Waals surface area contributed by atoms with E-state index in [0.717, 1.165) is 36.5 Å². The summed E-state index contributed by atoms with van der Waals surface area (Å²) in [4.78, 5) is 14.5. The Morgan fingerprint density at radius 1 is 1.40 bits per heavy atom. The highest BCUT2D eigenvalue weighted by Crippen LogP contribution is 2.45. The minimum Gasteiger partial charge on any atom is -0.349 e. The average molecular weight is 314 g/mol. The molecule has 0 aromatic heterocycles. The van der Waals surface area contributed by atoms with Crippen LogP contribution in [0.25, 0.3) is 0 Å². The number of nitrogens with two attached hydrogens (primary N) is 1. The molecule has 1 fully saturated rings. The Balaban J connectivity index is 2.20. The van der Waals surface area contributed by atoms with Crippen molar-refractivity contribution in [3.8, 4) is 0 Å². The number of thioether (sulfide) groups is 1. The third-order valence-electron chi connectivity index (χ3n) is 3.57. The molecule has 0 radical (unpaired) electrons. The Hall–Kier alpha value is -0.710. The summed E-state index contributed by atoms with van der Waals surface area (Å²) in [5.41, 5.74) is 1.06. The van der Waals surface area contributed by atoms with Gasteiger partial charge in [-0.3, -0.25) is 4.79 Å². The number of amides is 1. The predicted octanol–water partition coefficient (Wildman–Crippen LogP) is 2.28. The lowest BCUT2D eigenvalue weighted by Crippen LogP contribution is -2.79. The van der Waals surface area contributed by atoms with Crippen LogP contribution in [0.15, 0.2) is 24.3 Å². The molecule has 5 heteroatoms. The van der Waals surface area contributed by atoms with E-state index in [2.05, 4.69) is 19.3 Å².